The van der Waals surface area contributed by atoms with Gasteiger partial charge in [0.05, 0.1) is 6.61 Å². The third kappa shape index (κ3) is 2.95. The largest absolute Gasteiger partial charge is 0.299 e. The lowest BCUT2D eigenvalue weighted by Gasteiger charge is -2.06. The molecule has 1 heterocycles. The molecule has 1 rings (SSSR count). The lowest BCUT2D eigenvalue weighted by Crippen LogP contribution is -2.10. The molecule has 0 fully saturated rings. The molecule has 0 unspecified atom stereocenters. The summed E-state index contributed by atoms with van der Waals surface area (Å²) >= 11 is 6.87. The van der Waals surface area contributed by atoms with Gasteiger partial charge in [0.25, 0.3) is 10.1 Å². The Bertz CT molecular complexity index is 394. The minimum absolute atomic E-state index is 0.0600. The fourth-order valence-corrected chi connectivity index (χ4v) is 3.30. The van der Waals surface area contributed by atoms with Gasteiger partial charge in [0, 0.05) is 0 Å². The van der Waals surface area contributed by atoms with E-state index in [1.807, 2.05) is 13.8 Å². The van der Waals surface area contributed by atoms with Crippen LogP contribution in [0, 0.1) is 5.92 Å². The van der Waals surface area contributed by atoms with Crippen LogP contribution in [0.1, 0.15) is 13.8 Å². The summed E-state index contributed by atoms with van der Waals surface area (Å²) in [5, 5.41) is 1.62. The maximum absolute atomic E-state index is 11.5. The quantitative estimate of drug-likeness (QED) is 0.776. The number of thiophene rings is 1. The van der Waals surface area contributed by atoms with Gasteiger partial charge in [0.2, 0.25) is 0 Å². The second kappa shape index (κ2) is 4.61. The third-order valence-electron chi connectivity index (χ3n) is 1.41. The zero-order valence-corrected chi connectivity index (χ0v) is 10.2. The Hall–Kier alpha value is -0.100. The Morgan fingerprint density at radius 1 is 1.57 bits per heavy atom. The molecule has 0 aliphatic heterocycles. The minimum atomic E-state index is -3.66. The van der Waals surface area contributed by atoms with E-state index in [1.54, 1.807) is 5.38 Å². The maximum Gasteiger partial charge on any atom is 0.299 e. The summed E-state index contributed by atoms with van der Waals surface area (Å²) in [5.41, 5.74) is 0. The van der Waals surface area contributed by atoms with Gasteiger partial charge in [-0.1, -0.05) is 25.4 Å². The molecule has 0 aromatic carbocycles. The lowest BCUT2D eigenvalue weighted by molar-refractivity contribution is 0.275. The molecule has 0 saturated heterocycles. The van der Waals surface area contributed by atoms with E-state index in [1.165, 1.54) is 17.4 Å². The second-order valence-electron chi connectivity index (χ2n) is 3.19. The molecule has 0 aliphatic carbocycles. The third-order valence-corrected chi connectivity index (χ3v) is 4.15. The summed E-state index contributed by atoms with van der Waals surface area (Å²) < 4.78 is 28.1. The minimum Gasteiger partial charge on any atom is -0.266 e. The Balaban J connectivity index is 2.82. The predicted octanol–water partition coefficient (Wildman–Crippen LogP) is 2.76. The molecule has 0 atom stereocenters. The van der Waals surface area contributed by atoms with Crippen LogP contribution in [0.2, 0.25) is 4.34 Å². The fourth-order valence-electron chi connectivity index (χ4n) is 0.750. The monoisotopic (exact) mass is 254 g/mol. The van der Waals surface area contributed by atoms with Crippen molar-refractivity contribution in [3.05, 3.63) is 15.8 Å². The van der Waals surface area contributed by atoms with E-state index in [4.69, 9.17) is 15.8 Å². The number of halogens is 1. The van der Waals surface area contributed by atoms with Gasteiger partial charge in [-0.25, -0.2) is 0 Å². The highest BCUT2D eigenvalue weighted by molar-refractivity contribution is 7.87. The van der Waals surface area contributed by atoms with E-state index in [9.17, 15) is 8.42 Å². The summed E-state index contributed by atoms with van der Waals surface area (Å²) in [4.78, 5) is 0.0600. The van der Waals surface area contributed by atoms with Crippen molar-refractivity contribution in [2.24, 2.45) is 5.92 Å². The van der Waals surface area contributed by atoms with Gasteiger partial charge < -0.3 is 0 Å². The molecule has 0 spiro atoms. The van der Waals surface area contributed by atoms with Crippen LogP contribution in [-0.4, -0.2) is 15.0 Å². The van der Waals surface area contributed by atoms with Gasteiger partial charge >= 0.3 is 0 Å². The number of hydrogen-bond donors (Lipinski definition) is 0. The number of rotatable bonds is 4. The molecule has 0 radical (unpaired) electrons. The van der Waals surface area contributed by atoms with Crippen molar-refractivity contribution in [1.29, 1.82) is 0 Å². The van der Waals surface area contributed by atoms with Crippen LogP contribution in [0.15, 0.2) is 16.3 Å². The molecular formula is C8H11ClO3S2. The zero-order valence-electron chi connectivity index (χ0n) is 7.86. The Morgan fingerprint density at radius 2 is 2.21 bits per heavy atom. The van der Waals surface area contributed by atoms with Crippen LogP contribution in [0.4, 0.5) is 0 Å². The van der Waals surface area contributed by atoms with Crippen LogP contribution >= 0.6 is 22.9 Å². The second-order valence-corrected chi connectivity index (χ2v) is 6.29. The van der Waals surface area contributed by atoms with Crippen LogP contribution in [0.3, 0.4) is 0 Å². The molecule has 0 amide bonds. The van der Waals surface area contributed by atoms with Crippen molar-refractivity contribution in [1.82, 2.24) is 0 Å². The van der Waals surface area contributed by atoms with Crippen molar-refractivity contribution >= 4 is 33.1 Å². The van der Waals surface area contributed by atoms with Crippen molar-refractivity contribution in [2.45, 2.75) is 18.7 Å². The van der Waals surface area contributed by atoms with Gasteiger partial charge in [-0.05, 0) is 17.4 Å². The first kappa shape index (κ1) is 12.0. The summed E-state index contributed by atoms with van der Waals surface area (Å²) in [6.45, 7) is 3.93. The average Bonchev–Trinajstić information content (AvgIpc) is 2.48. The van der Waals surface area contributed by atoms with Crippen molar-refractivity contribution in [3.8, 4) is 0 Å². The molecule has 1 aromatic heterocycles. The van der Waals surface area contributed by atoms with E-state index in [0.717, 1.165) is 0 Å². The molecule has 0 N–H and O–H groups in total. The first-order chi connectivity index (χ1) is 6.43. The summed E-state index contributed by atoms with van der Waals surface area (Å²) in [6, 6.07) is 1.45. The molecule has 0 saturated carbocycles. The fraction of sp³-hybridized carbons (Fsp3) is 0.500. The molecular weight excluding hydrogens is 244 g/mol. The molecule has 3 nitrogen and oxygen atoms in total. The van der Waals surface area contributed by atoms with Crippen LogP contribution in [0.25, 0.3) is 0 Å². The van der Waals surface area contributed by atoms with Gasteiger partial charge in [-0.3, -0.25) is 4.18 Å². The van der Waals surface area contributed by atoms with Crippen molar-refractivity contribution < 1.29 is 12.6 Å². The standard InChI is InChI=1S/C8H11ClO3S2/c1-6(2)5-12-14(10,11)7-3-4-13-8(7)9/h3-4,6H,5H2,1-2H3. The van der Waals surface area contributed by atoms with E-state index in [-0.39, 0.29) is 21.8 Å². The maximum atomic E-state index is 11.5. The smallest absolute Gasteiger partial charge is 0.266 e. The van der Waals surface area contributed by atoms with E-state index in [2.05, 4.69) is 0 Å². The highest BCUT2D eigenvalue weighted by atomic mass is 35.5. The molecule has 14 heavy (non-hydrogen) atoms. The summed E-state index contributed by atoms with van der Waals surface area (Å²) in [6.07, 6.45) is 0. The normalized spacial score (nSPS) is 12.3. The zero-order chi connectivity index (χ0) is 10.8. The Kier molecular flexibility index (Phi) is 3.94. The average molecular weight is 255 g/mol. The number of hydrogen-bond acceptors (Lipinski definition) is 4. The van der Waals surface area contributed by atoms with Crippen LogP contribution in [0.5, 0.6) is 0 Å². The molecule has 80 valence electrons. The first-order valence-corrected chi connectivity index (χ1v) is 6.72. The Labute approximate surface area is 92.8 Å². The Morgan fingerprint density at radius 3 is 2.64 bits per heavy atom. The van der Waals surface area contributed by atoms with Gasteiger partial charge in [-0.15, -0.1) is 11.3 Å². The molecule has 0 aliphatic rings. The van der Waals surface area contributed by atoms with E-state index in [0.29, 0.717) is 0 Å². The first-order valence-electron chi connectivity index (χ1n) is 4.06. The van der Waals surface area contributed by atoms with E-state index >= 15 is 0 Å². The van der Waals surface area contributed by atoms with Crippen molar-refractivity contribution in [2.75, 3.05) is 6.61 Å². The summed E-state index contributed by atoms with van der Waals surface area (Å²) in [7, 11) is -3.66. The highest BCUT2D eigenvalue weighted by Crippen LogP contribution is 2.28. The van der Waals surface area contributed by atoms with Crippen molar-refractivity contribution in [3.63, 3.8) is 0 Å². The van der Waals surface area contributed by atoms with Crippen LogP contribution in [-0.2, 0) is 14.3 Å². The molecule has 6 heteroatoms. The molecule has 0 bridgehead atoms. The summed E-state index contributed by atoms with van der Waals surface area (Å²) in [5.74, 6) is 0.169. The predicted molar refractivity (Wildman–Crippen MR) is 57.3 cm³/mol. The topological polar surface area (TPSA) is 43.4 Å². The van der Waals surface area contributed by atoms with Crippen LogP contribution < -0.4 is 0 Å². The molecule has 1 aromatic rings. The van der Waals surface area contributed by atoms with Gasteiger partial charge in [-0.2, -0.15) is 8.42 Å². The highest BCUT2D eigenvalue weighted by Gasteiger charge is 2.20. The SMILES string of the molecule is CC(C)COS(=O)(=O)c1ccsc1Cl. The lowest BCUT2D eigenvalue weighted by atomic mass is 10.2. The van der Waals surface area contributed by atoms with Gasteiger partial charge in [0.1, 0.15) is 9.23 Å². The van der Waals surface area contributed by atoms with Gasteiger partial charge in [0.15, 0.2) is 0 Å². The van der Waals surface area contributed by atoms with E-state index < -0.39 is 10.1 Å².